The van der Waals surface area contributed by atoms with Gasteiger partial charge in [0, 0.05) is 5.56 Å². The molecular formula is C17H15NO. The number of rotatable bonds is 2. The molecule has 1 atom stereocenters. The van der Waals surface area contributed by atoms with Crippen molar-refractivity contribution < 1.29 is 4.74 Å². The summed E-state index contributed by atoms with van der Waals surface area (Å²) < 4.78 is 5.74. The highest BCUT2D eigenvalue weighted by molar-refractivity contribution is 5.66. The van der Waals surface area contributed by atoms with Crippen molar-refractivity contribution in [2.75, 3.05) is 0 Å². The third-order valence-electron chi connectivity index (χ3n) is 3.32. The Kier molecular flexibility index (Phi) is 2.92. The highest BCUT2D eigenvalue weighted by Crippen LogP contribution is 2.37. The maximum atomic E-state index is 5.74. The van der Waals surface area contributed by atoms with E-state index in [-0.39, 0.29) is 0 Å². The van der Waals surface area contributed by atoms with Crippen molar-refractivity contribution >= 4 is 18.2 Å². The van der Waals surface area contributed by atoms with Gasteiger partial charge in [-0.05, 0) is 24.6 Å². The second-order valence-corrected chi connectivity index (χ2v) is 4.72. The summed E-state index contributed by atoms with van der Waals surface area (Å²) in [6, 6.07) is 18.3. The lowest BCUT2D eigenvalue weighted by Crippen LogP contribution is -2.25. The quantitative estimate of drug-likeness (QED) is 0.777. The van der Waals surface area contributed by atoms with Crippen molar-refractivity contribution in [3.8, 4) is 0 Å². The summed E-state index contributed by atoms with van der Waals surface area (Å²) in [5.74, 6) is 0. The van der Waals surface area contributed by atoms with Crippen molar-refractivity contribution in [3.63, 3.8) is 0 Å². The summed E-state index contributed by atoms with van der Waals surface area (Å²) in [5.41, 5.74) is 2.75. The minimum absolute atomic E-state index is 0.464. The van der Waals surface area contributed by atoms with Crippen LogP contribution in [0.1, 0.15) is 18.1 Å². The molecule has 1 unspecified atom stereocenters. The SMILES string of the molecule is CC1(/C=C/c2ccccc2)OC=Nc2ccccc21. The van der Waals surface area contributed by atoms with E-state index in [9.17, 15) is 0 Å². The first-order valence-corrected chi connectivity index (χ1v) is 6.32. The van der Waals surface area contributed by atoms with Crippen LogP contribution in [0.25, 0.3) is 6.08 Å². The first-order valence-electron chi connectivity index (χ1n) is 6.32. The number of ether oxygens (including phenoxy) is 1. The maximum absolute atomic E-state index is 5.74. The second kappa shape index (κ2) is 4.73. The maximum Gasteiger partial charge on any atom is 0.176 e. The highest BCUT2D eigenvalue weighted by Gasteiger charge is 2.29. The number of fused-ring (bicyclic) bond motifs is 1. The monoisotopic (exact) mass is 249 g/mol. The Balaban J connectivity index is 1.96. The van der Waals surface area contributed by atoms with Gasteiger partial charge in [0.05, 0.1) is 5.69 Å². The fraction of sp³-hybridized carbons (Fsp3) is 0.118. The van der Waals surface area contributed by atoms with Crippen LogP contribution >= 0.6 is 0 Å². The minimum Gasteiger partial charge on any atom is -0.468 e. The van der Waals surface area contributed by atoms with Gasteiger partial charge >= 0.3 is 0 Å². The highest BCUT2D eigenvalue weighted by atomic mass is 16.5. The minimum atomic E-state index is -0.464. The largest absolute Gasteiger partial charge is 0.468 e. The van der Waals surface area contributed by atoms with Gasteiger partial charge in [-0.3, -0.25) is 0 Å². The van der Waals surface area contributed by atoms with E-state index in [0.717, 1.165) is 16.8 Å². The molecule has 0 spiro atoms. The fourth-order valence-corrected chi connectivity index (χ4v) is 2.21. The number of hydrogen-bond acceptors (Lipinski definition) is 2. The Labute approximate surface area is 113 Å². The van der Waals surface area contributed by atoms with Crippen LogP contribution in [0.4, 0.5) is 5.69 Å². The van der Waals surface area contributed by atoms with E-state index < -0.39 is 5.60 Å². The van der Waals surface area contributed by atoms with Crippen LogP contribution in [0.5, 0.6) is 0 Å². The predicted octanol–water partition coefficient (Wildman–Crippen LogP) is 4.31. The molecule has 1 aliphatic heterocycles. The average Bonchev–Trinajstić information content (AvgIpc) is 2.47. The Bertz CT molecular complexity index is 631. The molecule has 0 N–H and O–H groups in total. The van der Waals surface area contributed by atoms with Crippen molar-refractivity contribution in [2.45, 2.75) is 12.5 Å². The standard InChI is InChI=1S/C17H15NO/c1-17(12-11-14-7-3-2-4-8-14)15-9-5-6-10-16(15)18-13-19-17/h2-13H,1H3/b12-11+. The molecule has 94 valence electrons. The molecule has 0 saturated carbocycles. The number of hydrogen-bond donors (Lipinski definition) is 0. The van der Waals surface area contributed by atoms with Crippen LogP contribution in [0.2, 0.25) is 0 Å². The van der Waals surface area contributed by atoms with Crippen molar-refractivity contribution in [3.05, 3.63) is 71.8 Å². The lowest BCUT2D eigenvalue weighted by molar-refractivity contribution is 0.134. The first-order chi connectivity index (χ1) is 9.28. The third-order valence-corrected chi connectivity index (χ3v) is 3.32. The van der Waals surface area contributed by atoms with E-state index in [1.54, 1.807) is 0 Å². The van der Waals surface area contributed by atoms with Crippen LogP contribution in [-0.2, 0) is 10.3 Å². The van der Waals surface area contributed by atoms with Gasteiger partial charge in [0.1, 0.15) is 0 Å². The van der Waals surface area contributed by atoms with Gasteiger partial charge in [-0.1, -0.05) is 54.6 Å². The van der Waals surface area contributed by atoms with Gasteiger partial charge in [-0.2, -0.15) is 0 Å². The zero-order valence-electron chi connectivity index (χ0n) is 10.8. The third kappa shape index (κ3) is 2.29. The van der Waals surface area contributed by atoms with E-state index in [2.05, 4.69) is 42.3 Å². The molecule has 19 heavy (non-hydrogen) atoms. The molecule has 2 aromatic carbocycles. The number of nitrogens with zero attached hydrogens (tertiary/aromatic N) is 1. The fourth-order valence-electron chi connectivity index (χ4n) is 2.21. The molecule has 0 aliphatic carbocycles. The van der Waals surface area contributed by atoms with E-state index in [4.69, 9.17) is 4.74 Å². The lowest BCUT2D eigenvalue weighted by Gasteiger charge is -2.29. The summed E-state index contributed by atoms with van der Waals surface area (Å²) >= 11 is 0. The summed E-state index contributed by atoms with van der Waals surface area (Å²) in [6.07, 6.45) is 5.68. The van der Waals surface area contributed by atoms with Crippen LogP contribution in [0.15, 0.2) is 65.7 Å². The van der Waals surface area contributed by atoms with Gasteiger partial charge in [0.2, 0.25) is 0 Å². The van der Waals surface area contributed by atoms with E-state index >= 15 is 0 Å². The van der Waals surface area contributed by atoms with Crippen LogP contribution in [0.3, 0.4) is 0 Å². The Morgan fingerprint density at radius 3 is 2.58 bits per heavy atom. The average molecular weight is 249 g/mol. The Morgan fingerprint density at radius 1 is 1.00 bits per heavy atom. The Hall–Kier alpha value is -2.35. The molecule has 0 fully saturated rings. The normalized spacial score (nSPS) is 21.1. The van der Waals surface area contributed by atoms with Crippen LogP contribution < -0.4 is 0 Å². The van der Waals surface area contributed by atoms with Gasteiger partial charge < -0.3 is 4.74 Å². The molecule has 2 nitrogen and oxygen atoms in total. The van der Waals surface area contributed by atoms with Gasteiger partial charge in [0.25, 0.3) is 0 Å². The van der Waals surface area contributed by atoms with E-state index in [1.807, 2.05) is 36.4 Å². The first kappa shape index (κ1) is 11.7. The molecule has 2 heteroatoms. The molecule has 0 amide bonds. The molecule has 1 aliphatic rings. The topological polar surface area (TPSA) is 21.6 Å². The number of benzene rings is 2. The predicted molar refractivity (Wildman–Crippen MR) is 78.5 cm³/mol. The van der Waals surface area contributed by atoms with Gasteiger partial charge in [0.15, 0.2) is 12.0 Å². The summed E-state index contributed by atoms with van der Waals surface area (Å²) in [6.45, 7) is 2.05. The smallest absolute Gasteiger partial charge is 0.176 e. The lowest BCUT2D eigenvalue weighted by atomic mass is 9.92. The number of aliphatic imine (C=N–C) groups is 1. The number of para-hydroxylation sites is 1. The molecule has 0 bridgehead atoms. The Morgan fingerprint density at radius 2 is 1.74 bits per heavy atom. The molecule has 2 aromatic rings. The summed E-state index contributed by atoms with van der Waals surface area (Å²) in [7, 11) is 0. The molecule has 0 radical (unpaired) electrons. The molecule has 0 saturated heterocycles. The van der Waals surface area contributed by atoms with Crippen LogP contribution in [-0.4, -0.2) is 6.40 Å². The van der Waals surface area contributed by atoms with Gasteiger partial charge in [-0.25, -0.2) is 4.99 Å². The van der Waals surface area contributed by atoms with E-state index in [1.165, 1.54) is 6.40 Å². The van der Waals surface area contributed by atoms with E-state index in [0.29, 0.717) is 0 Å². The zero-order chi connectivity index (χ0) is 13.1. The van der Waals surface area contributed by atoms with Crippen LogP contribution in [0, 0.1) is 0 Å². The van der Waals surface area contributed by atoms with Crippen molar-refractivity contribution in [1.82, 2.24) is 0 Å². The summed E-state index contributed by atoms with van der Waals surface area (Å²) in [4.78, 5) is 4.26. The molecular weight excluding hydrogens is 234 g/mol. The molecule has 1 heterocycles. The van der Waals surface area contributed by atoms with Crippen molar-refractivity contribution in [1.29, 1.82) is 0 Å². The summed E-state index contributed by atoms with van der Waals surface area (Å²) in [5, 5.41) is 0. The molecule has 3 rings (SSSR count). The molecule has 0 aromatic heterocycles. The zero-order valence-corrected chi connectivity index (χ0v) is 10.8. The van der Waals surface area contributed by atoms with Crippen molar-refractivity contribution in [2.24, 2.45) is 4.99 Å². The second-order valence-electron chi connectivity index (χ2n) is 4.72. The van der Waals surface area contributed by atoms with Gasteiger partial charge in [-0.15, -0.1) is 0 Å².